The molecule has 4 aromatic rings. The van der Waals surface area contributed by atoms with Crippen molar-refractivity contribution in [3.05, 3.63) is 107 Å². The Kier molecular flexibility index (Phi) is 10.2. The zero-order valence-corrected chi connectivity index (χ0v) is 22.2. The molecule has 0 saturated heterocycles. The molecular weight excluding hydrogens is 473 g/mol. The maximum absolute atomic E-state index is 13.3. The van der Waals surface area contributed by atoms with E-state index in [0.717, 1.165) is 27.8 Å². The standard InChI is InChI=1S/C31H29NO3S.Li/c1-21-8-3-5-12-25(21)28-20-22(14-16-24-11-7-10-23-9-4-6-13-26(23)24)15-17-27(28)30(33)32-29(31(34)35)18-19-36-2;/h3-17,20,29H,18-19H2,1-2H3,(H,32,33)(H,34,35);/q;+1/b16-14+;. The summed E-state index contributed by atoms with van der Waals surface area (Å²) in [5, 5.41) is 14.7. The Morgan fingerprint density at radius 3 is 2.41 bits per heavy atom. The maximum atomic E-state index is 13.3. The van der Waals surface area contributed by atoms with Gasteiger partial charge in [-0.15, -0.1) is 0 Å². The van der Waals surface area contributed by atoms with Gasteiger partial charge in [-0.2, -0.15) is 11.8 Å². The molecule has 0 spiro atoms. The Bertz CT molecular complexity index is 1430. The second-order valence-electron chi connectivity index (χ2n) is 8.67. The predicted octanol–water partition coefficient (Wildman–Crippen LogP) is 3.93. The third-order valence-electron chi connectivity index (χ3n) is 6.22. The summed E-state index contributed by atoms with van der Waals surface area (Å²) in [4.78, 5) is 25.0. The van der Waals surface area contributed by atoms with Crippen LogP contribution in [0.15, 0.2) is 84.9 Å². The van der Waals surface area contributed by atoms with Crippen LogP contribution < -0.4 is 24.2 Å². The molecule has 0 bridgehead atoms. The molecule has 0 aromatic heterocycles. The molecule has 37 heavy (non-hydrogen) atoms. The van der Waals surface area contributed by atoms with Crippen molar-refractivity contribution in [1.29, 1.82) is 0 Å². The van der Waals surface area contributed by atoms with Crippen LogP contribution >= 0.6 is 11.8 Å². The Morgan fingerprint density at radius 1 is 0.919 bits per heavy atom. The molecule has 1 unspecified atom stereocenters. The molecule has 0 fully saturated rings. The van der Waals surface area contributed by atoms with Crippen molar-refractivity contribution >= 4 is 46.6 Å². The Hall–Kier alpha value is -3.23. The molecule has 4 nitrogen and oxygen atoms in total. The fourth-order valence-corrected chi connectivity index (χ4v) is 4.74. The predicted molar refractivity (Wildman–Crippen MR) is 151 cm³/mol. The molecule has 0 heterocycles. The van der Waals surface area contributed by atoms with Crippen LogP contribution in [0.5, 0.6) is 0 Å². The first kappa shape index (κ1) is 28.3. The molecule has 0 aliphatic heterocycles. The monoisotopic (exact) mass is 502 g/mol. The van der Waals surface area contributed by atoms with Crippen LogP contribution in [0, 0.1) is 6.92 Å². The number of carboxylic acid groups (broad SMARTS) is 1. The van der Waals surface area contributed by atoms with Crippen LogP contribution in [0.1, 0.15) is 33.5 Å². The van der Waals surface area contributed by atoms with Gasteiger partial charge in [-0.3, -0.25) is 4.79 Å². The molecular formula is C31H29LiNO3S+. The minimum absolute atomic E-state index is 0. The van der Waals surface area contributed by atoms with Gasteiger partial charge in [0.25, 0.3) is 5.91 Å². The smallest absolute Gasteiger partial charge is 0.480 e. The first-order valence-electron chi connectivity index (χ1n) is 11.9. The van der Waals surface area contributed by atoms with Crippen LogP contribution in [0.25, 0.3) is 34.1 Å². The normalized spacial score (nSPS) is 11.7. The van der Waals surface area contributed by atoms with E-state index in [2.05, 4.69) is 35.7 Å². The zero-order valence-electron chi connectivity index (χ0n) is 21.4. The Balaban J connectivity index is 0.00000380. The van der Waals surface area contributed by atoms with Gasteiger partial charge in [0.2, 0.25) is 0 Å². The van der Waals surface area contributed by atoms with E-state index in [0.29, 0.717) is 17.7 Å². The third-order valence-corrected chi connectivity index (χ3v) is 6.86. The minimum atomic E-state index is -1.02. The van der Waals surface area contributed by atoms with Gasteiger partial charge in [-0.1, -0.05) is 84.9 Å². The number of carboxylic acids is 1. The van der Waals surface area contributed by atoms with Crippen LogP contribution in [0.2, 0.25) is 0 Å². The second kappa shape index (κ2) is 13.4. The van der Waals surface area contributed by atoms with Crippen LogP contribution in [0.3, 0.4) is 0 Å². The maximum Gasteiger partial charge on any atom is 1.00 e. The summed E-state index contributed by atoms with van der Waals surface area (Å²) in [7, 11) is 0. The molecule has 2 N–H and O–H groups in total. The number of amides is 1. The van der Waals surface area contributed by atoms with E-state index in [-0.39, 0.29) is 24.8 Å². The number of carbonyl (C=O) groups is 2. The first-order chi connectivity index (χ1) is 17.5. The number of hydrogen-bond donors (Lipinski definition) is 2. The molecule has 0 aliphatic carbocycles. The van der Waals surface area contributed by atoms with Gasteiger partial charge in [0.05, 0.1) is 0 Å². The van der Waals surface area contributed by atoms with Gasteiger partial charge in [-0.25, -0.2) is 4.79 Å². The number of thioether (sulfide) groups is 1. The van der Waals surface area contributed by atoms with Gasteiger partial charge >= 0.3 is 24.8 Å². The summed E-state index contributed by atoms with van der Waals surface area (Å²) in [6.45, 7) is 2.01. The zero-order chi connectivity index (χ0) is 25.5. The fraction of sp³-hybridized carbons (Fsp3) is 0.161. The summed E-state index contributed by atoms with van der Waals surface area (Å²) in [6, 6.07) is 27.2. The third kappa shape index (κ3) is 6.96. The summed E-state index contributed by atoms with van der Waals surface area (Å²) < 4.78 is 0. The summed E-state index contributed by atoms with van der Waals surface area (Å²) in [5.41, 5.74) is 5.29. The van der Waals surface area contributed by atoms with Crippen molar-refractivity contribution in [3.63, 3.8) is 0 Å². The van der Waals surface area contributed by atoms with E-state index < -0.39 is 12.0 Å². The number of aliphatic carboxylic acids is 1. The summed E-state index contributed by atoms with van der Waals surface area (Å²) in [6.07, 6.45) is 6.42. The van der Waals surface area contributed by atoms with E-state index in [9.17, 15) is 14.7 Å². The number of aryl methyl sites for hydroxylation is 1. The van der Waals surface area contributed by atoms with Crippen molar-refractivity contribution < 1.29 is 33.6 Å². The van der Waals surface area contributed by atoms with Gasteiger partial charge in [0.15, 0.2) is 0 Å². The quantitative estimate of drug-likeness (QED) is 0.269. The van der Waals surface area contributed by atoms with Crippen LogP contribution in [0.4, 0.5) is 0 Å². The fourth-order valence-electron chi connectivity index (χ4n) is 4.27. The van der Waals surface area contributed by atoms with Gasteiger partial charge < -0.3 is 10.4 Å². The number of carbonyl (C=O) groups excluding carboxylic acids is 1. The SMILES string of the molecule is CSCCC(NC(=O)c1ccc(/C=C/c2cccc3ccccc23)cc1-c1ccccc1C)C(=O)O.[Li+]. The Morgan fingerprint density at radius 2 is 1.65 bits per heavy atom. The molecule has 0 radical (unpaired) electrons. The van der Waals surface area contributed by atoms with Crippen molar-refractivity contribution in [2.45, 2.75) is 19.4 Å². The van der Waals surface area contributed by atoms with E-state index >= 15 is 0 Å². The van der Waals surface area contributed by atoms with Crippen LogP contribution in [-0.2, 0) is 4.79 Å². The van der Waals surface area contributed by atoms with E-state index in [1.807, 2.05) is 73.9 Å². The summed E-state index contributed by atoms with van der Waals surface area (Å²) in [5.74, 6) is -0.754. The second-order valence-corrected chi connectivity index (χ2v) is 9.65. The van der Waals surface area contributed by atoms with Crippen molar-refractivity contribution in [2.75, 3.05) is 12.0 Å². The van der Waals surface area contributed by atoms with Crippen molar-refractivity contribution in [1.82, 2.24) is 5.32 Å². The molecule has 182 valence electrons. The van der Waals surface area contributed by atoms with Gasteiger partial charge in [-0.05, 0) is 76.1 Å². The van der Waals surface area contributed by atoms with Crippen LogP contribution in [-0.4, -0.2) is 35.0 Å². The molecule has 1 amide bonds. The Labute approximate surface area is 234 Å². The van der Waals surface area contributed by atoms with E-state index in [1.54, 1.807) is 17.8 Å². The minimum Gasteiger partial charge on any atom is -0.480 e. The number of hydrogen-bond acceptors (Lipinski definition) is 3. The topological polar surface area (TPSA) is 66.4 Å². The molecule has 6 heteroatoms. The van der Waals surface area contributed by atoms with E-state index in [1.165, 1.54) is 10.8 Å². The largest absolute Gasteiger partial charge is 1.00 e. The molecule has 4 aromatic carbocycles. The van der Waals surface area contributed by atoms with Crippen molar-refractivity contribution in [3.8, 4) is 11.1 Å². The number of rotatable bonds is 9. The average molecular weight is 503 g/mol. The van der Waals surface area contributed by atoms with E-state index in [4.69, 9.17) is 0 Å². The average Bonchev–Trinajstić information content (AvgIpc) is 2.89. The molecule has 1 atom stereocenters. The first-order valence-corrected chi connectivity index (χ1v) is 13.3. The van der Waals surface area contributed by atoms with Gasteiger partial charge in [0.1, 0.15) is 6.04 Å². The molecule has 0 aliphatic rings. The molecule has 0 saturated carbocycles. The van der Waals surface area contributed by atoms with Crippen molar-refractivity contribution in [2.24, 2.45) is 0 Å². The summed E-state index contributed by atoms with van der Waals surface area (Å²) >= 11 is 1.56. The number of nitrogens with one attached hydrogen (secondary N) is 1. The number of fused-ring (bicyclic) bond motifs is 1. The molecule has 4 rings (SSSR count). The number of benzene rings is 4. The van der Waals surface area contributed by atoms with Gasteiger partial charge in [0, 0.05) is 5.56 Å².